The first kappa shape index (κ1) is 14.2. The Morgan fingerprint density at radius 1 is 1.19 bits per heavy atom. The monoisotopic (exact) mass is 307 g/mol. The van der Waals surface area contributed by atoms with Gasteiger partial charge in [0.15, 0.2) is 0 Å². The molecule has 2 saturated heterocycles. The van der Waals surface area contributed by atoms with Crippen LogP contribution in [0, 0.1) is 0 Å². The van der Waals surface area contributed by atoms with Gasteiger partial charge in [-0.3, -0.25) is 9.59 Å². The van der Waals surface area contributed by atoms with Crippen LogP contribution in [-0.4, -0.2) is 48.9 Å². The number of piperazine rings is 1. The molecule has 5 nitrogen and oxygen atoms in total. The Balaban J connectivity index is 1.59. The van der Waals surface area contributed by atoms with Crippen molar-refractivity contribution in [3.05, 3.63) is 29.3 Å². The Kier molecular flexibility index (Phi) is 4.01. The van der Waals surface area contributed by atoms with E-state index in [1.807, 2.05) is 29.2 Å². The number of para-hydroxylation sites is 1. The third-order valence-corrected chi connectivity index (χ3v) is 4.40. The molecule has 1 atom stereocenters. The molecule has 2 amide bonds. The van der Waals surface area contributed by atoms with Crippen molar-refractivity contribution in [2.75, 3.05) is 31.1 Å². The molecule has 21 heavy (non-hydrogen) atoms. The minimum absolute atomic E-state index is 0.0250. The number of nitrogens with one attached hydrogen (secondary N) is 1. The highest BCUT2D eigenvalue weighted by Crippen LogP contribution is 2.26. The molecule has 0 bridgehead atoms. The zero-order chi connectivity index (χ0) is 14.8. The van der Waals surface area contributed by atoms with Gasteiger partial charge in [-0.2, -0.15) is 0 Å². The lowest BCUT2D eigenvalue weighted by Crippen LogP contribution is -2.53. The standard InChI is InChI=1S/C15H18ClN3O2/c16-11-3-1-2-4-13(11)18-7-9-19(10-8-18)15(21)12-5-6-14(20)17-12/h1-4,12H,5-10H2,(H,17,20)/t12-/m1/s1. The number of nitrogens with zero attached hydrogens (tertiary/aromatic N) is 2. The van der Waals surface area contributed by atoms with Gasteiger partial charge in [-0.15, -0.1) is 0 Å². The number of benzene rings is 1. The smallest absolute Gasteiger partial charge is 0.245 e. The van der Waals surface area contributed by atoms with Gasteiger partial charge >= 0.3 is 0 Å². The zero-order valence-corrected chi connectivity index (χ0v) is 12.5. The molecule has 112 valence electrons. The van der Waals surface area contributed by atoms with Gasteiger partial charge in [-0.05, 0) is 18.6 Å². The van der Waals surface area contributed by atoms with Gasteiger partial charge in [-0.25, -0.2) is 0 Å². The van der Waals surface area contributed by atoms with Crippen molar-refractivity contribution in [1.82, 2.24) is 10.2 Å². The van der Waals surface area contributed by atoms with E-state index in [9.17, 15) is 9.59 Å². The number of carbonyl (C=O) groups is 2. The molecule has 1 N–H and O–H groups in total. The van der Waals surface area contributed by atoms with Crippen LogP contribution in [-0.2, 0) is 9.59 Å². The largest absolute Gasteiger partial charge is 0.367 e. The minimum atomic E-state index is -0.329. The maximum atomic E-state index is 12.3. The van der Waals surface area contributed by atoms with Crippen LogP contribution in [0.3, 0.4) is 0 Å². The molecule has 2 aliphatic heterocycles. The fourth-order valence-corrected chi connectivity index (χ4v) is 3.15. The molecule has 6 heteroatoms. The van der Waals surface area contributed by atoms with E-state index < -0.39 is 0 Å². The minimum Gasteiger partial charge on any atom is -0.367 e. The summed E-state index contributed by atoms with van der Waals surface area (Å²) >= 11 is 6.21. The fraction of sp³-hybridized carbons (Fsp3) is 0.467. The van der Waals surface area contributed by atoms with E-state index in [4.69, 9.17) is 11.6 Å². The summed E-state index contributed by atoms with van der Waals surface area (Å²) in [7, 11) is 0. The molecular formula is C15H18ClN3O2. The number of hydrogen-bond acceptors (Lipinski definition) is 3. The second-order valence-electron chi connectivity index (χ2n) is 5.42. The summed E-state index contributed by atoms with van der Waals surface area (Å²) in [6.07, 6.45) is 1.07. The molecule has 0 aromatic heterocycles. The molecular weight excluding hydrogens is 290 g/mol. The lowest BCUT2D eigenvalue weighted by atomic mass is 10.1. The summed E-state index contributed by atoms with van der Waals surface area (Å²) in [5.41, 5.74) is 1.01. The van der Waals surface area contributed by atoms with E-state index in [-0.39, 0.29) is 17.9 Å². The van der Waals surface area contributed by atoms with Crippen LogP contribution in [0.15, 0.2) is 24.3 Å². The van der Waals surface area contributed by atoms with Crippen molar-refractivity contribution >= 4 is 29.1 Å². The molecule has 3 rings (SSSR count). The second kappa shape index (κ2) is 5.93. The first-order valence-corrected chi connectivity index (χ1v) is 7.60. The molecule has 0 saturated carbocycles. The summed E-state index contributed by atoms with van der Waals surface area (Å²) in [5, 5.41) is 3.47. The molecule has 2 fully saturated rings. The lowest BCUT2D eigenvalue weighted by Gasteiger charge is -2.37. The summed E-state index contributed by atoms with van der Waals surface area (Å²) in [6.45, 7) is 2.85. The number of anilines is 1. The molecule has 1 aromatic rings. The van der Waals surface area contributed by atoms with E-state index in [0.29, 0.717) is 25.9 Å². The Morgan fingerprint density at radius 2 is 1.90 bits per heavy atom. The van der Waals surface area contributed by atoms with Gasteiger partial charge in [0.25, 0.3) is 0 Å². The Bertz CT molecular complexity index is 556. The fourth-order valence-electron chi connectivity index (χ4n) is 2.90. The SMILES string of the molecule is O=C1CC[C@H](C(=O)N2CCN(c3ccccc3Cl)CC2)N1. The third kappa shape index (κ3) is 2.97. The van der Waals surface area contributed by atoms with Gasteiger partial charge < -0.3 is 15.1 Å². The first-order chi connectivity index (χ1) is 10.1. The maximum absolute atomic E-state index is 12.3. The number of rotatable bonds is 2. The summed E-state index contributed by atoms with van der Waals surface area (Å²) in [4.78, 5) is 27.6. The quantitative estimate of drug-likeness (QED) is 0.895. The van der Waals surface area contributed by atoms with Crippen molar-refractivity contribution in [3.63, 3.8) is 0 Å². The average Bonchev–Trinajstić information content (AvgIpc) is 2.94. The van der Waals surface area contributed by atoms with Gasteiger partial charge in [0, 0.05) is 32.6 Å². The van der Waals surface area contributed by atoms with E-state index in [0.717, 1.165) is 23.8 Å². The van der Waals surface area contributed by atoms with Crippen LogP contribution in [0.5, 0.6) is 0 Å². The van der Waals surface area contributed by atoms with Crippen LogP contribution in [0.25, 0.3) is 0 Å². The van der Waals surface area contributed by atoms with E-state index in [1.54, 1.807) is 0 Å². The number of halogens is 1. The Labute approximate surface area is 128 Å². The number of hydrogen-bond donors (Lipinski definition) is 1. The van der Waals surface area contributed by atoms with Crippen molar-refractivity contribution in [2.24, 2.45) is 0 Å². The molecule has 0 spiro atoms. The predicted octanol–water partition coefficient (Wildman–Crippen LogP) is 1.27. The van der Waals surface area contributed by atoms with Gasteiger partial charge in [0.1, 0.15) is 6.04 Å². The Hall–Kier alpha value is -1.75. The van der Waals surface area contributed by atoms with Gasteiger partial charge in [-0.1, -0.05) is 23.7 Å². The number of amides is 2. The van der Waals surface area contributed by atoms with Crippen LogP contribution >= 0.6 is 11.6 Å². The predicted molar refractivity (Wildman–Crippen MR) is 81.4 cm³/mol. The third-order valence-electron chi connectivity index (χ3n) is 4.08. The van der Waals surface area contributed by atoms with Crippen LogP contribution in [0.1, 0.15) is 12.8 Å². The topological polar surface area (TPSA) is 52.7 Å². The van der Waals surface area contributed by atoms with Crippen LogP contribution < -0.4 is 10.2 Å². The molecule has 1 aromatic carbocycles. The van der Waals surface area contributed by atoms with Crippen molar-refractivity contribution in [2.45, 2.75) is 18.9 Å². The molecule has 0 aliphatic carbocycles. The van der Waals surface area contributed by atoms with E-state index in [1.165, 1.54) is 0 Å². The Morgan fingerprint density at radius 3 is 2.52 bits per heavy atom. The highest BCUT2D eigenvalue weighted by molar-refractivity contribution is 6.33. The van der Waals surface area contributed by atoms with E-state index in [2.05, 4.69) is 10.2 Å². The first-order valence-electron chi connectivity index (χ1n) is 7.23. The second-order valence-corrected chi connectivity index (χ2v) is 5.83. The van der Waals surface area contributed by atoms with Crippen molar-refractivity contribution in [3.8, 4) is 0 Å². The summed E-state index contributed by atoms with van der Waals surface area (Å²) < 4.78 is 0. The van der Waals surface area contributed by atoms with Gasteiger partial charge in [0.2, 0.25) is 11.8 Å². The highest BCUT2D eigenvalue weighted by atomic mass is 35.5. The van der Waals surface area contributed by atoms with Crippen molar-refractivity contribution in [1.29, 1.82) is 0 Å². The molecule has 2 aliphatic rings. The number of carbonyl (C=O) groups excluding carboxylic acids is 2. The summed E-state index contributed by atoms with van der Waals surface area (Å²) in [5.74, 6) is 0.0164. The average molecular weight is 308 g/mol. The highest BCUT2D eigenvalue weighted by Gasteiger charge is 2.32. The summed E-state index contributed by atoms with van der Waals surface area (Å²) in [6, 6.07) is 7.42. The van der Waals surface area contributed by atoms with E-state index >= 15 is 0 Å². The molecule has 0 unspecified atom stereocenters. The van der Waals surface area contributed by atoms with Crippen LogP contribution in [0.4, 0.5) is 5.69 Å². The normalized spacial score (nSPS) is 22.3. The molecule has 0 radical (unpaired) electrons. The van der Waals surface area contributed by atoms with Crippen LogP contribution in [0.2, 0.25) is 5.02 Å². The zero-order valence-electron chi connectivity index (χ0n) is 11.7. The van der Waals surface area contributed by atoms with Crippen molar-refractivity contribution < 1.29 is 9.59 Å². The van der Waals surface area contributed by atoms with Gasteiger partial charge in [0.05, 0.1) is 10.7 Å². The molecule has 2 heterocycles. The lowest BCUT2D eigenvalue weighted by molar-refractivity contribution is -0.134. The maximum Gasteiger partial charge on any atom is 0.245 e.